The first kappa shape index (κ1) is 12.9. The maximum atomic E-state index is 12.1. The van der Waals surface area contributed by atoms with Gasteiger partial charge in [0.05, 0.1) is 30.4 Å². The Morgan fingerprint density at radius 3 is 3.11 bits per heavy atom. The van der Waals surface area contributed by atoms with Crippen molar-refractivity contribution in [3.63, 3.8) is 0 Å². The van der Waals surface area contributed by atoms with Crippen LogP contribution in [0.2, 0.25) is 0 Å². The number of carbonyl (C=O) groups is 2. The minimum atomic E-state index is -0.216. The summed E-state index contributed by atoms with van der Waals surface area (Å²) in [5.74, 6) is -0.585. The van der Waals surface area contributed by atoms with Gasteiger partial charge in [-0.2, -0.15) is 8.75 Å². The van der Waals surface area contributed by atoms with Crippen molar-refractivity contribution < 1.29 is 14.3 Å². The van der Waals surface area contributed by atoms with Gasteiger partial charge in [-0.1, -0.05) is 0 Å². The number of hydrogen-bond acceptors (Lipinski definition) is 6. The SMILES string of the molecule is CCOC(=O)[C@@H]1CCCN(C(=O)c2cnsn2)C1. The highest BCUT2D eigenvalue weighted by Crippen LogP contribution is 2.19. The lowest BCUT2D eigenvalue weighted by molar-refractivity contribution is -0.149. The van der Waals surface area contributed by atoms with Crippen molar-refractivity contribution >= 4 is 23.6 Å². The fraction of sp³-hybridized carbons (Fsp3) is 0.636. The first-order valence-corrected chi connectivity index (χ1v) is 6.69. The van der Waals surface area contributed by atoms with Gasteiger partial charge < -0.3 is 9.64 Å². The van der Waals surface area contributed by atoms with E-state index in [0.29, 0.717) is 25.4 Å². The maximum absolute atomic E-state index is 12.1. The molecule has 0 saturated carbocycles. The lowest BCUT2D eigenvalue weighted by Crippen LogP contribution is -2.42. The third kappa shape index (κ3) is 2.84. The zero-order valence-corrected chi connectivity index (χ0v) is 11.0. The van der Waals surface area contributed by atoms with Crippen LogP contribution in [-0.2, 0) is 9.53 Å². The zero-order valence-electron chi connectivity index (χ0n) is 10.2. The number of piperidine rings is 1. The number of ether oxygens (including phenoxy) is 1. The van der Waals surface area contributed by atoms with E-state index in [-0.39, 0.29) is 17.8 Å². The second-order valence-electron chi connectivity index (χ2n) is 4.14. The molecule has 0 spiro atoms. The Kier molecular flexibility index (Phi) is 4.24. The number of nitrogens with zero attached hydrogens (tertiary/aromatic N) is 3. The molecule has 1 aliphatic rings. The van der Waals surface area contributed by atoms with Gasteiger partial charge >= 0.3 is 5.97 Å². The average molecular weight is 269 g/mol. The second kappa shape index (κ2) is 5.90. The molecule has 1 aromatic heterocycles. The molecule has 1 fully saturated rings. The normalized spacial score (nSPS) is 19.6. The molecule has 0 N–H and O–H groups in total. The van der Waals surface area contributed by atoms with Crippen molar-refractivity contribution in [1.29, 1.82) is 0 Å². The summed E-state index contributed by atoms with van der Waals surface area (Å²) in [4.78, 5) is 25.4. The van der Waals surface area contributed by atoms with Crippen LogP contribution in [0.25, 0.3) is 0 Å². The van der Waals surface area contributed by atoms with Gasteiger partial charge in [0.15, 0.2) is 5.69 Å². The molecule has 0 bridgehead atoms. The van der Waals surface area contributed by atoms with Crippen LogP contribution in [-0.4, -0.2) is 45.2 Å². The van der Waals surface area contributed by atoms with Crippen molar-refractivity contribution in [3.8, 4) is 0 Å². The zero-order chi connectivity index (χ0) is 13.0. The molecule has 2 rings (SSSR count). The van der Waals surface area contributed by atoms with Gasteiger partial charge in [-0.25, -0.2) is 0 Å². The molecule has 98 valence electrons. The van der Waals surface area contributed by atoms with Crippen LogP contribution in [0.4, 0.5) is 0 Å². The van der Waals surface area contributed by atoms with Gasteiger partial charge in [0, 0.05) is 13.1 Å². The number of carbonyl (C=O) groups excluding carboxylic acids is 2. The molecule has 1 atom stereocenters. The summed E-state index contributed by atoms with van der Waals surface area (Å²) in [6, 6.07) is 0. The van der Waals surface area contributed by atoms with Crippen molar-refractivity contribution in [1.82, 2.24) is 13.6 Å². The smallest absolute Gasteiger partial charge is 0.310 e. The van der Waals surface area contributed by atoms with Gasteiger partial charge in [-0.15, -0.1) is 0 Å². The average Bonchev–Trinajstić information content (AvgIpc) is 2.92. The Labute approximate surface area is 109 Å². The topological polar surface area (TPSA) is 72.4 Å². The number of rotatable bonds is 3. The second-order valence-corrected chi connectivity index (χ2v) is 4.69. The molecule has 2 heterocycles. The molecule has 6 nitrogen and oxygen atoms in total. The number of aromatic nitrogens is 2. The summed E-state index contributed by atoms with van der Waals surface area (Å²) in [5, 5.41) is 0. The molecule has 0 unspecified atom stereocenters. The molecule has 1 aromatic rings. The minimum Gasteiger partial charge on any atom is -0.466 e. The molecule has 1 saturated heterocycles. The Bertz CT molecular complexity index is 421. The van der Waals surface area contributed by atoms with E-state index in [2.05, 4.69) is 8.75 Å². The predicted molar refractivity (Wildman–Crippen MR) is 65.2 cm³/mol. The summed E-state index contributed by atoms with van der Waals surface area (Å²) in [6.07, 6.45) is 3.05. The van der Waals surface area contributed by atoms with Gasteiger partial charge in [0.25, 0.3) is 5.91 Å². The molecule has 0 radical (unpaired) electrons. The lowest BCUT2D eigenvalue weighted by Gasteiger charge is -2.30. The molecule has 1 amide bonds. The Morgan fingerprint density at radius 2 is 2.44 bits per heavy atom. The van der Waals surface area contributed by atoms with Crippen LogP contribution in [0, 0.1) is 5.92 Å². The third-order valence-electron chi connectivity index (χ3n) is 2.91. The Morgan fingerprint density at radius 1 is 1.61 bits per heavy atom. The Balaban J connectivity index is 1.98. The van der Waals surface area contributed by atoms with Crippen LogP contribution in [0.3, 0.4) is 0 Å². The summed E-state index contributed by atoms with van der Waals surface area (Å²) >= 11 is 1.01. The molecule has 1 aliphatic heterocycles. The maximum Gasteiger partial charge on any atom is 0.310 e. The predicted octanol–water partition coefficient (Wildman–Crippen LogP) is 0.953. The van der Waals surface area contributed by atoms with Gasteiger partial charge in [0.1, 0.15) is 0 Å². The van der Waals surface area contributed by atoms with E-state index in [1.54, 1.807) is 11.8 Å². The first-order chi connectivity index (χ1) is 8.72. The largest absolute Gasteiger partial charge is 0.466 e. The van der Waals surface area contributed by atoms with E-state index in [9.17, 15) is 9.59 Å². The molecular formula is C11H15N3O3S. The molecular weight excluding hydrogens is 254 g/mol. The van der Waals surface area contributed by atoms with Crippen LogP contribution in [0.1, 0.15) is 30.3 Å². The number of esters is 1. The third-order valence-corrected chi connectivity index (χ3v) is 3.39. The van der Waals surface area contributed by atoms with E-state index >= 15 is 0 Å². The summed E-state index contributed by atoms with van der Waals surface area (Å²) in [6.45, 7) is 3.23. The quantitative estimate of drug-likeness (QED) is 0.764. The molecule has 0 aliphatic carbocycles. The highest BCUT2D eigenvalue weighted by Gasteiger charge is 2.30. The van der Waals surface area contributed by atoms with E-state index in [4.69, 9.17) is 4.74 Å². The molecule has 7 heteroatoms. The van der Waals surface area contributed by atoms with Crippen LogP contribution in [0.5, 0.6) is 0 Å². The van der Waals surface area contributed by atoms with Gasteiger partial charge in [0.2, 0.25) is 0 Å². The van der Waals surface area contributed by atoms with E-state index in [0.717, 1.165) is 24.6 Å². The van der Waals surface area contributed by atoms with Crippen LogP contribution >= 0.6 is 11.7 Å². The first-order valence-electron chi connectivity index (χ1n) is 5.96. The van der Waals surface area contributed by atoms with Crippen molar-refractivity contribution in [2.24, 2.45) is 5.92 Å². The minimum absolute atomic E-state index is 0.155. The molecule has 0 aromatic carbocycles. The summed E-state index contributed by atoms with van der Waals surface area (Å²) < 4.78 is 12.7. The summed E-state index contributed by atoms with van der Waals surface area (Å²) in [5.41, 5.74) is 0.351. The summed E-state index contributed by atoms with van der Waals surface area (Å²) in [7, 11) is 0. The lowest BCUT2D eigenvalue weighted by atomic mass is 9.98. The van der Waals surface area contributed by atoms with E-state index < -0.39 is 0 Å². The van der Waals surface area contributed by atoms with Gasteiger partial charge in [-0.05, 0) is 19.8 Å². The van der Waals surface area contributed by atoms with Crippen molar-refractivity contribution in [2.45, 2.75) is 19.8 Å². The fourth-order valence-electron chi connectivity index (χ4n) is 2.03. The number of hydrogen-bond donors (Lipinski definition) is 0. The highest BCUT2D eigenvalue weighted by molar-refractivity contribution is 6.99. The van der Waals surface area contributed by atoms with Crippen LogP contribution in [0.15, 0.2) is 6.20 Å². The highest BCUT2D eigenvalue weighted by atomic mass is 32.1. The standard InChI is InChI=1S/C11H15N3O3S/c1-2-17-11(16)8-4-3-5-14(7-8)10(15)9-6-12-18-13-9/h6,8H,2-5,7H2,1H3/t8-/m1/s1. The monoisotopic (exact) mass is 269 g/mol. The van der Waals surface area contributed by atoms with Crippen molar-refractivity contribution in [2.75, 3.05) is 19.7 Å². The number of amides is 1. The fourth-order valence-corrected chi connectivity index (χ4v) is 2.44. The van der Waals surface area contributed by atoms with E-state index in [1.807, 2.05) is 0 Å². The van der Waals surface area contributed by atoms with Gasteiger partial charge in [-0.3, -0.25) is 9.59 Å². The number of likely N-dealkylation sites (tertiary alicyclic amines) is 1. The van der Waals surface area contributed by atoms with E-state index in [1.165, 1.54) is 6.20 Å². The molecule has 18 heavy (non-hydrogen) atoms. The Hall–Kier alpha value is -1.50. The van der Waals surface area contributed by atoms with Crippen molar-refractivity contribution in [3.05, 3.63) is 11.9 Å². The van der Waals surface area contributed by atoms with Crippen LogP contribution < -0.4 is 0 Å².